The zero-order chi connectivity index (χ0) is 7.49. The summed E-state index contributed by atoms with van der Waals surface area (Å²) in [6.45, 7) is 2.82. The molecule has 0 rings (SSSR count). The van der Waals surface area contributed by atoms with Crippen molar-refractivity contribution in [1.82, 2.24) is 0 Å². The van der Waals surface area contributed by atoms with Gasteiger partial charge >= 0.3 is 7.60 Å². The van der Waals surface area contributed by atoms with Crippen LogP contribution in [0.1, 0.15) is 6.42 Å². The summed E-state index contributed by atoms with van der Waals surface area (Å²) in [4.78, 5) is 16.6. The largest absolute Gasteiger partial charge is 0.396 e. The van der Waals surface area contributed by atoms with E-state index in [1.54, 1.807) is 0 Å². The Bertz CT molecular complexity index is 147. The molecule has 0 aliphatic rings. The molecule has 0 atom stereocenters. The Balaban J connectivity index is 3.90. The maximum absolute atomic E-state index is 10.2. The molecule has 0 aromatic heterocycles. The van der Waals surface area contributed by atoms with Crippen molar-refractivity contribution < 1.29 is 19.5 Å². The van der Waals surface area contributed by atoms with E-state index in [-0.39, 0.29) is 18.3 Å². The quantitative estimate of drug-likeness (QED) is 0.499. The highest BCUT2D eigenvalue weighted by molar-refractivity contribution is 7.56. The summed E-state index contributed by atoms with van der Waals surface area (Å²) in [7, 11) is -4.13. The smallest absolute Gasteiger partial charge is 0.351 e. The summed E-state index contributed by atoms with van der Waals surface area (Å²) in [5.41, 5.74) is 0. The zero-order valence-electron chi connectivity index (χ0n) is 4.82. The van der Waals surface area contributed by atoms with Crippen LogP contribution in [0.5, 0.6) is 0 Å². The Labute approximate surface area is 53.0 Å². The molecule has 3 N–H and O–H groups in total. The average molecular weight is 152 g/mol. The standard InChI is InChI=1S/C4H9O4P/c1-4(2-3-5)9(6,7)8/h5H,1-3H2,(H2,6,7,8). The minimum atomic E-state index is -4.13. The summed E-state index contributed by atoms with van der Waals surface area (Å²) in [6.07, 6.45) is -0.0374. The fourth-order valence-corrected chi connectivity index (χ4v) is 0.666. The molecule has 0 aromatic rings. The minimum Gasteiger partial charge on any atom is -0.396 e. The molecule has 0 bridgehead atoms. The molecule has 54 valence electrons. The van der Waals surface area contributed by atoms with Crippen LogP contribution in [-0.4, -0.2) is 21.5 Å². The van der Waals surface area contributed by atoms with Gasteiger partial charge in [0.05, 0.1) is 0 Å². The first-order valence-corrected chi connectivity index (χ1v) is 3.94. The van der Waals surface area contributed by atoms with Crippen LogP contribution in [0.4, 0.5) is 0 Å². The summed E-state index contributed by atoms with van der Waals surface area (Å²) < 4.78 is 10.2. The van der Waals surface area contributed by atoms with Crippen LogP contribution in [0, 0.1) is 0 Å². The van der Waals surface area contributed by atoms with Crippen LogP contribution in [0.2, 0.25) is 0 Å². The first kappa shape index (κ1) is 8.85. The maximum Gasteiger partial charge on any atom is 0.351 e. The van der Waals surface area contributed by atoms with Crippen LogP contribution in [-0.2, 0) is 4.57 Å². The van der Waals surface area contributed by atoms with Gasteiger partial charge in [-0.3, -0.25) is 4.57 Å². The lowest BCUT2D eigenvalue weighted by Gasteiger charge is -2.03. The van der Waals surface area contributed by atoms with E-state index in [1.807, 2.05) is 0 Å². The van der Waals surface area contributed by atoms with Gasteiger partial charge in [-0.15, -0.1) is 0 Å². The Morgan fingerprint density at radius 2 is 2.00 bits per heavy atom. The van der Waals surface area contributed by atoms with Crippen molar-refractivity contribution >= 4 is 7.60 Å². The van der Waals surface area contributed by atoms with E-state index in [0.717, 1.165) is 0 Å². The molecule has 0 unspecified atom stereocenters. The third kappa shape index (κ3) is 3.43. The number of aliphatic hydroxyl groups excluding tert-OH is 1. The first-order chi connectivity index (χ1) is 3.98. The molecule has 0 heterocycles. The summed E-state index contributed by atoms with van der Waals surface area (Å²) in [5.74, 6) is 0. The molecule has 0 amide bonds. The molecule has 0 aliphatic carbocycles. The van der Waals surface area contributed by atoms with E-state index in [0.29, 0.717) is 0 Å². The van der Waals surface area contributed by atoms with Gasteiger partial charge in [0, 0.05) is 18.3 Å². The number of hydrogen-bond acceptors (Lipinski definition) is 2. The third-order valence-electron chi connectivity index (χ3n) is 0.812. The lowest BCUT2D eigenvalue weighted by atomic mass is 10.4. The lowest BCUT2D eigenvalue weighted by Crippen LogP contribution is -1.87. The Kier molecular flexibility index (Phi) is 3.08. The molecule has 4 nitrogen and oxygen atoms in total. The Morgan fingerprint density at radius 3 is 2.11 bits per heavy atom. The summed E-state index contributed by atoms with van der Waals surface area (Å²) >= 11 is 0. The van der Waals surface area contributed by atoms with Gasteiger partial charge in [-0.25, -0.2) is 0 Å². The highest BCUT2D eigenvalue weighted by Crippen LogP contribution is 2.44. The van der Waals surface area contributed by atoms with E-state index < -0.39 is 7.60 Å². The zero-order valence-corrected chi connectivity index (χ0v) is 5.71. The highest BCUT2D eigenvalue weighted by Gasteiger charge is 2.16. The van der Waals surface area contributed by atoms with E-state index in [4.69, 9.17) is 14.9 Å². The molecule has 0 saturated heterocycles. The van der Waals surface area contributed by atoms with Crippen LogP contribution >= 0.6 is 7.60 Å². The minimum absolute atomic E-state index is 0.0374. The second-order valence-electron chi connectivity index (χ2n) is 1.58. The van der Waals surface area contributed by atoms with Gasteiger partial charge in [0.25, 0.3) is 0 Å². The van der Waals surface area contributed by atoms with Crippen LogP contribution in [0.25, 0.3) is 0 Å². The van der Waals surface area contributed by atoms with Crippen LogP contribution in [0.15, 0.2) is 11.9 Å². The molecule has 5 heteroatoms. The molecular weight excluding hydrogens is 143 g/mol. The Hall–Kier alpha value is -0.150. The normalized spacial score (nSPS) is 11.4. The number of aliphatic hydroxyl groups is 1. The predicted octanol–water partition coefficient (Wildman–Crippen LogP) is 0.0602. The van der Waals surface area contributed by atoms with Crippen molar-refractivity contribution in [3.05, 3.63) is 11.9 Å². The van der Waals surface area contributed by atoms with Crippen molar-refractivity contribution in [3.8, 4) is 0 Å². The van der Waals surface area contributed by atoms with E-state index >= 15 is 0 Å². The van der Waals surface area contributed by atoms with Gasteiger partial charge in [0.15, 0.2) is 0 Å². The highest BCUT2D eigenvalue weighted by atomic mass is 31.2. The van der Waals surface area contributed by atoms with Crippen LogP contribution < -0.4 is 0 Å². The van der Waals surface area contributed by atoms with Gasteiger partial charge in [-0.2, -0.15) is 0 Å². The van der Waals surface area contributed by atoms with Gasteiger partial charge < -0.3 is 14.9 Å². The molecule has 0 aromatic carbocycles. The van der Waals surface area contributed by atoms with Gasteiger partial charge in [-0.1, -0.05) is 6.58 Å². The van der Waals surface area contributed by atoms with Gasteiger partial charge in [-0.05, 0) is 0 Å². The lowest BCUT2D eigenvalue weighted by molar-refractivity contribution is 0.297. The SMILES string of the molecule is C=C(CCO)P(=O)(O)O. The van der Waals surface area contributed by atoms with Gasteiger partial charge in [0.2, 0.25) is 0 Å². The molecule has 0 fully saturated rings. The third-order valence-corrected chi connectivity index (χ3v) is 1.86. The molecule has 0 aliphatic heterocycles. The molecule has 0 saturated carbocycles. The molecular formula is C4H9O4P. The summed E-state index contributed by atoms with van der Waals surface area (Å²) in [5, 5.41) is 7.98. The van der Waals surface area contributed by atoms with E-state index in [9.17, 15) is 4.57 Å². The van der Waals surface area contributed by atoms with Crippen molar-refractivity contribution in [2.45, 2.75) is 6.42 Å². The topological polar surface area (TPSA) is 77.8 Å². The molecule has 0 spiro atoms. The average Bonchev–Trinajstić information content (AvgIpc) is 1.64. The second kappa shape index (κ2) is 3.13. The Morgan fingerprint density at radius 1 is 1.56 bits per heavy atom. The number of hydrogen-bond donors (Lipinski definition) is 3. The summed E-state index contributed by atoms with van der Waals surface area (Å²) in [6, 6.07) is 0. The first-order valence-electron chi connectivity index (χ1n) is 2.33. The molecule has 0 radical (unpaired) electrons. The number of rotatable bonds is 3. The second-order valence-corrected chi connectivity index (χ2v) is 3.30. The van der Waals surface area contributed by atoms with E-state index in [2.05, 4.69) is 6.58 Å². The van der Waals surface area contributed by atoms with Gasteiger partial charge in [0.1, 0.15) is 0 Å². The predicted molar refractivity (Wildman–Crippen MR) is 32.9 cm³/mol. The van der Waals surface area contributed by atoms with Crippen molar-refractivity contribution in [2.24, 2.45) is 0 Å². The fraction of sp³-hybridized carbons (Fsp3) is 0.500. The van der Waals surface area contributed by atoms with E-state index in [1.165, 1.54) is 0 Å². The molecule has 9 heavy (non-hydrogen) atoms. The van der Waals surface area contributed by atoms with Crippen molar-refractivity contribution in [1.29, 1.82) is 0 Å². The van der Waals surface area contributed by atoms with Crippen molar-refractivity contribution in [3.63, 3.8) is 0 Å². The monoisotopic (exact) mass is 152 g/mol. The fourth-order valence-electron chi connectivity index (χ4n) is 0.275. The maximum atomic E-state index is 10.2. The van der Waals surface area contributed by atoms with Crippen LogP contribution in [0.3, 0.4) is 0 Å². The van der Waals surface area contributed by atoms with Crippen molar-refractivity contribution in [2.75, 3.05) is 6.61 Å².